The number of esters is 2. The normalized spacial score (nSPS) is 11.8. The fourth-order valence-corrected chi connectivity index (χ4v) is 3.57. The van der Waals surface area contributed by atoms with Crippen LogP contribution in [0.4, 0.5) is 23.2 Å². The molecule has 0 radical (unpaired) electrons. The van der Waals surface area contributed by atoms with Gasteiger partial charge in [0, 0.05) is 4.90 Å². The van der Waals surface area contributed by atoms with Crippen LogP contribution in [0.1, 0.15) is 15.9 Å². The van der Waals surface area contributed by atoms with Gasteiger partial charge in [-0.1, -0.05) is 41.6 Å². The Kier molecular flexibility index (Phi) is 8.90. The molecule has 0 aliphatic heterocycles. The lowest BCUT2D eigenvalue weighted by Gasteiger charge is -2.24. The summed E-state index contributed by atoms with van der Waals surface area (Å²) in [5.41, 5.74) is -3.02. The van der Waals surface area contributed by atoms with Crippen molar-refractivity contribution in [2.75, 3.05) is 19.1 Å². The van der Waals surface area contributed by atoms with E-state index in [9.17, 15) is 31.9 Å². The molecule has 1 unspecified atom stereocenters. The predicted molar refractivity (Wildman–Crippen MR) is 109 cm³/mol. The van der Waals surface area contributed by atoms with Crippen molar-refractivity contribution in [3.63, 3.8) is 0 Å². The Morgan fingerprint density at radius 1 is 1.09 bits per heavy atom. The number of halogens is 5. The van der Waals surface area contributed by atoms with E-state index >= 15 is 0 Å². The third kappa shape index (κ3) is 5.92. The summed E-state index contributed by atoms with van der Waals surface area (Å²) in [5.74, 6) is -4.54. The number of anilines is 1. The molecule has 0 aliphatic rings. The summed E-state index contributed by atoms with van der Waals surface area (Å²) in [6.07, 6.45) is -3.34. The lowest BCUT2D eigenvalue weighted by atomic mass is 10.1. The summed E-state index contributed by atoms with van der Waals surface area (Å²) >= 11 is 5.86. The lowest BCUT2D eigenvalue weighted by molar-refractivity contribution is -0.151. The van der Waals surface area contributed by atoms with E-state index in [2.05, 4.69) is 9.47 Å². The van der Waals surface area contributed by atoms with Crippen molar-refractivity contribution in [1.29, 1.82) is 0 Å². The molecule has 0 aliphatic carbocycles. The summed E-state index contributed by atoms with van der Waals surface area (Å²) in [5, 5.41) is -0.375. The summed E-state index contributed by atoms with van der Waals surface area (Å²) in [4.78, 5) is 36.9. The molecule has 32 heavy (non-hydrogen) atoms. The largest absolute Gasteiger partial charge is 0.465 e. The molecule has 2 aromatic rings. The standard InChI is InChI=1S/C20H16ClF4NO5S/c1-30-19(28)11-6-4-3-5-10(11)9-26(18(27)20(29)31-2)14-8-15(12(21)7-13(14)22)32-17(25)16(23)24/h3-8,16-17H,9H2,1-2H3. The van der Waals surface area contributed by atoms with Gasteiger partial charge in [-0.05, 0) is 23.8 Å². The number of rotatable bonds is 7. The van der Waals surface area contributed by atoms with Crippen molar-refractivity contribution in [2.45, 2.75) is 23.4 Å². The number of hydrogen-bond donors (Lipinski definition) is 0. The molecule has 1 amide bonds. The van der Waals surface area contributed by atoms with Crippen molar-refractivity contribution in [3.05, 3.63) is 58.4 Å². The van der Waals surface area contributed by atoms with E-state index in [-0.39, 0.29) is 32.8 Å². The molecule has 172 valence electrons. The Hall–Kier alpha value is -2.79. The van der Waals surface area contributed by atoms with Crippen LogP contribution in [0.2, 0.25) is 5.02 Å². The van der Waals surface area contributed by atoms with Crippen LogP contribution >= 0.6 is 23.4 Å². The zero-order valence-electron chi connectivity index (χ0n) is 16.6. The summed E-state index contributed by atoms with van der Waals surface area (Å²) in [6, 6.07) is 7.42. The van der Waals surface area contributed by atoms with E-state index in [0.717, 1.165) is 20.3 Å². The van der Waals surface area contributed by atoms with E-state index in [0.29, 0.717) is 11.0 Å². The average molecular weight is 494 g/mol. The van der Waals surface area contributed by atoms with Crippen LogP contribution in [0, 0.1) is 5.82 Å². The number of carbonyl (C=O) groups excluding carboxylic acids is 3. The fraction of sp³-hybridized carbons (Fsp3) is 0.250. The van der Waals surface area contributed by atoms with E-state index in [1.54, 1.807) is 0 Å². The molecule has 2 rings (SSSR count). The highest BCUT2D eigenvalue weighted by Crippen LogP contribution is 2.38. The van der Waals surface area contributed by atoms with Crippen molar-refractivity contribution in [3.8, 4) is 0 Å². The first-order chi connectivity index (χ1) is 15.1. The molecular weight excluding hydrogens is 478 g/mol. The Balaban J connectivity index is 2.59. The highest BCUT2D eigenvalue weighted by molar-refractivity contribution is 8.00. The summed E-state index contributed by atoms with van der Waals surface area (Å²) in [6.45, 7) is -0.504. The quantitative estimate of drug-likeness (QED) is 0.242. The number of amides is 1. The number of nitrogens with zero attached hydrogens (tertiary/aromatic N) is 1. The van der Waals surface area contributed by atoms with Crippen LogP contribution in [-0.2, 0) is 25.6 Å². The van der Waals surface area contributed by atoms with Gasteiger partial charge in [0.25, 0.3) is 6.43 Å². The van der Waals surface area contributed by atoms with Crippen LogP contribution in [0.5, 0.6) is 0 Å². The third-order valence-corrected chi connectivity index (χ3v) is 5.53. The average Bonchev–Trinajstić information content (AvgIpc) is 2.78. The van der Waals surface area contributed by atoms with Gasteiger partial charge in [-0.15, -0.1) is 0 Å². The van der Waals surface area contributed by atoms with Gasteiger partial charge in [0.05, 0.1) is 37.0 Å². The third-order valence-electron chi connectivity index (χ3n) is 4.09. The second kappa shape index (κ2) is 11.2. The molecule has 0 bridgehead atoms. The van der Waals surface area contributed by atoms with Crippen molar-refractivity contribution < 1.29 is 41.4 Å². The van der Waals surface area contributed by atoms with Crippen molar-refractivity contribution >= 4 is 46.9 Å². The number of ether oxygens (including phenoxy) is 2. The minimum Gasteiger partial charge on any atom is -0.465 e. The van der Waals surface area contributed by atoms with Gasteiger partial charge < -0.3 is 9.47 Å². The zero-order chi connectivity index (χ0) is 24.0. The molecule has 0 saturated carbocycles. The minimum atomic E-state index is -3.34. The number of hydrogen-bond acceptors (Lipinski definition) is 6. The van der Waals surface area contributed by atoms with Crippen LogP contribution < -0.4 is 4.90 Å². The monoisotopic (exact) mass is 493 g/mol. The van der Waals surface area contributed by atoms with Crippen LogP contribution in [0.15, 0.2) is 41.3 Å². The van der Waals surface area contributed by atoms with E-state index in [4.69, 9.17) is 11.6 Å². The van der Waals surface area contributed by atoms with Gasteiger partial charge >= 0.3 is 17.8 Å². The van der Waals surface area contributed by atoms with Crippen molar-refractivity contribution in [1.82, 2.24) is 0 Å². The number of benzene rings is 2. The molecule has 1 atom stereocenters. The van der Waals surface area contributed by atoms with E-state index in [1.165, 1.54) is 24.3 Å². The first kappa shape index (κ1) is 25.5. The molecule has 0 fully saturated rings. The van der Waals surface area contributed by atoms with Gasteiger partial charge in [-0.3, -0.25) is 9.69 Å². The number of methoxy groups -OCH3 is 2. The van der Waals surface area contributed by atoms with Crippen LogP contribution in [0.3, 0.4) is 0 Å². The molecule has 0 aromatic heterocycles. The number of carbonyl (C=O) groups is 3. The summed E-state index contributed by atoms with van der Waals surface area (Å²) in [7, 11) is 2.06. The Bertz CT molecular complexity index is 1020. The second-order valence-electron chi connectivity index (χ2n) is 6.07. The first-order valence-corrected chi connectivity index (χ1v) is 10.00. The molecule has 12 heteroatoms. The maximum atomic E-state index is 14.8. The minimum absolute atomic E-state index is 0.0189. The van der Waals surface area contributed by atoms with Gasteiger partial charge in [0.1, 0.15) is 5.82 Å². The van der Waals surface area contributed by atoms with Crippen molar-refractivity contribution in [2.24, 2.45) is 0 Å². The van der Waals surface area contributed by atoms with E-state index in [1.807, 2.05) is 0 Å². The molecule has 2 aromatic carbocycles. The SMILES string of the molecule is COC(=O)C(=O)N(Cc1ccccc1C(=O)OC)c1cc(SC(F)C(F)F)c(Cl)cc1F. The van der Waals surface area contributed by atoms with Gasteiger partial charge in [0.2, 0.25) is 5.50 Å². The summed E-state index contributed by atoms with van der Waals surface area (Å²) < 4.78 is 62.6. The second-order valence-corrected chi connectivity index (χ2v) is 7.60. The molecule has 0 spiro atoms. The first-order valence-electron chi connectivity index (χ1n) is 8.74. The zero-order valence-corrected chi connectivity index (χ0v) is 18.2. The predicted octanol–water partition coefficient (Wildman–Crippen LogP) is 4.62. The van der Waals surface area contributed by atoms with Gasteiger partial charge in [-0.2, -0.15) is 0 Å². The Morgan fingerprint density at radius 2 is 1.75 bits per heavy atom. The van der Waals surface area contributed by atoms with Crippen LogP contribution in [0.25, 0.3) is 0 Å². The van der Waals surface area contributed by atoms with Gasteiger partial charge in [0.15, 0.2) is 0 Å². The maximum absolute atomic E-state index is 14.8. The highest BCUT2D eigenvalue weighted by atomic mass is 35.5. The van der Waals surface area contributed by atoms with E-state index < -0.39 is 47.8 Å². The lowest BCUT2D eigenvalue weighted by Crippen LogP contribution is -2.38. The molecular formula is C20H16ClF4NO5S. The van der Waals surface area contributed by atoms with Gasteiger partial charge in [-0.25, -0.2) is 27.2 Å². The molecule has 6 nitrogen and oxygen atoms in total. The molecule has 0 heterocycles. The maximum Gasteiger partial charge on any atom is 0.397 e. The molecule has 0 saturated heterocycles. The Labute approximate surface area is 189 Å². The van der Waals surface area contributed by atoms with Crippen LogP contribution in [-0.4, -0.2) is 44.0 Å². The number of alkyl halides is 3. The number of thioether (sulfide) groups is 1. The highest BCUT2D eigenvalue weighted by Gasteiger charge is 2.30. The topological polar surface area (TPSA) is 72.9 Å². The fourth-order valence-electron chi connectivity index (χ4n) is 2.59. The smallest absolute Gasteiger partial charge is 0.397 e. The Morgan fingerprint density at radius 3 is 2.34 bits per heavy atom. The molecule has 0 N–H and O–H groups in total.